The number of nitrogen functional groups attached to an aromatic ring is 2. The maximum Gasteiger partial charge on any atom is 0.238 e. The lowest BCUT2D eigenvalue weighted by molar-refractivity contribution is -0.115. The van der Waals surface area contributed by atoms with Crippen molar-refractivity contribution in [1.29, 1.82) is 0 Å². The lowest BCUT2D eigenvalue weighted by Gasteiger charge is -2.09. The summed E-state index contributed by atoms with van der Waals surface area (Å²) in [6.07, 6.45) is 0. The van der Waals surface area contributed by atoms with Crippen LogP contribution in [-0.4, -0.2) is 26.3 Å². The van der Waals surface area contributed by atoms with Crippen molar-refractivity contribution >= 4 is 35.1 Å². The molecule has 9 heteroatoms. The van der Waals surface area contributed by atoms with Crippen molar-refractivity contribution in [3.63, 3.8) is 0 Å². The molecule has 0 aliphatic rings. The zero-order chi connectivity index (χ0) is 14.7. The molecular weight excluding hydrogens is 280 g/mol. The minimum atomic E-state index is -0.437. The summed E-state index contributed by atoms with van der Waals surface area (Å²) in [4.78, 5) is 20.0. The van der Waals surface area contributed by atoms with E-state index in [-0.39, 0.29) is 17.5 Å². The predicted octanol–water partition coefficient (Wildman–Crippen LogP) is 1.06. The van der Waals surface area contributed by atoms with Gasteiger partial charge in [-0.2, -0.15) is 0 Å². The normalized spacial score (nSPS) is 12.1. The van der Waals surface area contributed by atoms with E-state index in [2.05, 4.69) is 20.4 Å². The van der Waals surface area contributed by atoms with E-state index in [0.717, 1.165) is 11.8 Å². The molecule has 0 aromatic carbocycles. The van der Waals surface area contributed by atoms with E-state index >= 15 is 0 Å². The van der Waals surface area contributed by atoms with Gasteiger partial charge in [0.15, 0.2) is 11.0 Å². The van der Waals surface area contributed by atoms with E-state index < -0.39 is 5.25 Å². The molecule has 0 radical (unpaired) electrons. The minimum absolute atomic E-state index is 0.243. The summed E-state index contributed by atoms with van der Waals surface area (Å²) in [5.74, 6) is 1.27. The highest BCUT2D eigenvalue weighted by atomic mass is 32.2. The zero-order valence-electron chi connectivity index (χ0n) is 11.0. The van der Waals surface area contributed by atoms with Crippen molar-refractivity contribution in [1.82, 2.24) is 15.1 Å². The van der Waals surface area contributed by atoms with Crippen LogP contribution in [0.25, 0.3) is 0 Å². The second-order valence-corrected chi connectivity index (χ2v) is 5.38. The highest BCUT2D eigenvalue weighted by Crippen LogP contribution is 2.22. The molecule has 0 saturated carbocycles. The molecule has 0 aliphatic heterocycles. The molecule has 0 spiro atoms. The van der Waals surface area contributed by atoms with Gasteiger partial charge in [-0.05, 0) is 13.8 Å². The zero-order valence-corrected chi connectivity index (χ0v) is 11.8. The third-order valence-corrected chi connectivity index (χ3v) is 3.24. The lowest BCUT2D eigenvalue weighted by atomic mass is 10.4. The Bertz CT molecular complexity index is 609. The first-order valence-electron chi connectivity index (χ1n) is 5.75. The number of nitrogens with one attached hydrogen (secondary N) is 1. The number of aryl methyl sites for hydroxylation is 1. The van der Waals surface area contributed by atoms with Crippen LogP contribution in [0.15, 0.2) is 21.8 Å². The third kappa shape index (κ3) is 3.60. The number of amides is 1. The van der Waals surface area contributed by atoms with Crippen LogP contribution in [0.4, 0.5) is 17.5 Å². The molecule has 8 nitrogen and oxygen atoms in total. The fraction of sp³-hybridized carbons (Fsp3) is 0.273. The van der Waals surface area contributed by atoms with E-state index in [0.29, 0.717) is 16.7 Å². The van der Waals surface area contributed by atoms with Gasteiger partial charge in [-0.15, -0.1) is 0 Å². The lowest BCUT2D eigenvalue weighted by Crippen LogP contribution is -2.23. The smallest absolute Gasteiger partial charge is 0.238 e. The monoisotopic (exact) mass is 294 g/mol. The average molecular weight is 294 g/mol. The molecule has 2 aromatic heterocycles. The Kier molecular flexibility index (Phi) is 4.08. The maximum absolute atomic E-state index is 12.0. The Morgan fingerprint density at radius 2 is 2.00 bits per heavy atom. The molecule has 106 valence electrons. The van der Waals surface area contributed by atoms with Crippen LogP contribution in [0.3, 0.4) is 0 Å². The van der Waals surface area contributed by atoms with Gasteiger partial charge in [0.1, 0.15) is 17.4 Å². The Morgan fingerprint density at radius 3 is 2.55 bits per heavy atom. The standard InChI is InChI=1S/C11H14N6O2S/c1-5-3-9(17-19-5)16-10(18)6(2)20-11-14-7(12)4-8(13)15-11/h3-4,6H,1-2H3,(H,16,17,18)(H4,12,13,14,15). The fourth-order valence-corrected chi connectivity index (χ4v) is 2.18. The van der Waals surface area contributed by atoms with Crippen LogP contribution in [0.5, 0.6) is 0 Å². The molecule has 0 saturated heterocycles. The van der Waals surface area contributed by atoms with Gasteiger partial charge < -0.3 is 21.3 Å². The summed E-state index contributed by atoms with van der Waals surface area (Å²) in [5, 5.41) is 6.23. The van der Waals surface area contributed by atoms with Crippen LogP contribution in [-0.2, 0) is 4.79 Å². The Morgan fingerprint density at radius 1 is 1.35 bits per heavy atom. The molecule has 1 unspecified atom stereocenters. The number of anilines is 3. The van der Waals surface area contributed by atoms with Gasteiger partial charge in [0.05, 0.1) is 5.25 Å². The number of aromatic nitrogens is 3. The summed E-state index contributed by atoms with van der Waals surface area (Å²) in [6.45, 7) is 3.46. The van der Waals surface area contributed by atoms with Gasteiger partial charge in [0, 0.05) is 12.1 Å². The maximum atomic E-state index is 12.0. The van der Waals surface area contributed by atoms with Gasteiger partial charge in [-0.25, -0.2) is 9.97 Å². The predicted molar refractivity (Wildman–Crippen MR) is 76.0 cm³/mol. The summed E-state index contributed by atoms with van der Waals surface area (Å²) in [5.41, 5.74) is 11.1. The SMILES string of the molecule is Cc1cc(NC(=O)C(C)Sc2nc(N)cc(N)n2)no1. The molecule has 20 heavy (non-hydrogen) atoms. The van der Waals surface area contributed by atoms with E-state index in [1.807, 2.05) is 0 Å². The topological polar surface area (TPSA) is 133 Å². The van der Waals surface area contributed by atoms with Gasteiger partial charge >= 0.3 is 0 Å². The Balaban J connectivity index is 2.00. The number of rotatable bonds is 4. The Hall–Kier alpha value is -2.29. The van der Waals surface area contributed by atoms with Crippen LogP contribution in [0, 0.1) is 6.92 Å². The quantitative estimate of drug-likeness (QED) is 0.563. The van der Waals surface area contributed by atoms with Crippen molar-refractivity contribution in [3.05, 3.63) is 17.9 Å². The first kappa shape index (κ1) is 14.1. The van der Waals surface area contributed by atoms with Crippen molar-refractivity contribution in [2.75, 3.05) is 16.8 Å². The molecule has 0 fully saturated rings. The summed E-state index contributed by atoms with van der Waals surface area (Å²) < 4.78 is 4.87. The van der Waals surface area contributed by atoms with Crippen LogP contribution in [0.2, 0.25) is 0 Å². The van der Waals surface area contributed by atoms with E-state index in [4.69, 9.17) is 16.0 Å². The first-order chi connectivity index (χ1) is 9.44. The van der Waals surface area contributed by atoms with E-state index in [9.17, 15) is 4.79 Å². The van der Waals surface area contributed by atoms with Crippen molar-refractivity contribution in [3.8, 4) is 0 Å². The Labute approximate surface area is 119 Å². The van der Waals surface area contributed by atoms with Crippen LogP contribution < -0.4 is 16.8 Å². The molecule has 0 bridgehead atoms. The van der Waals surface area contributed by atoms with E-state index in [1.165, 1.54) is 6.07 Å². The fourth-order valence-electron chi connectivity index (χ4n) is 1.38. The van der Waals surface area contributed by atoms with Gasteiger partial charge in [0.25, 0.3) is 0 Å². The third-order valence-electron chi connectivity index (χ3n) is 2.28. The number of hydrogen-bond acceptors (Lipinski definition) is 8. The molecule has 5 N–H and O–H groups in total. The number of nitrogens with zero attached hydrogens (tertiary/aromatic N) is 3. The second kappa shape index (κ2) is 5.78. The molecule has 1 atom stereocenters. The highest BCUT2D eigenvalue weighted by molar-refractivity contribution is 8.00. The average Bonchev–Trinajstić information content (AvgIpc) is 2.73. The molecular formula is C11H14N6O2S. The number of thioether (sulfide) groups is 1. The minimum Gasteiger partial charge on any atom is -0.383 e. The number of carbonyl (C=O) groups is 1. The highest BCUT2D eigenvalue weighted by Gasteiger charge is 2.18. The van der Waals surface area contributed by atoms with E-state index in [1.54, 1.807) is 19.9 Å². The first-order valence-corrected chi connectivity index (χ1v) is 6.63. The van der Waals surface area contributed by atoms with Gasteiger partial charge in [-0.1, -0.05) is 16.9 Å². The van der Waals surface area contributed by atoms with Crippen molar-refractivity contribution < 1.29 is 9.32 Å². The molecule has 0 aliphatic carbocycles. The summed E-state index contributed by atoms with van der Waals surface area (Å²) in [7, 11) is 0. The summed E-state index contributed by atoms with van der Waals surface area (Å²) in [6, 6.07) is 3.08. The van der Waals surface area contributed by atoms with Crippen LogP contribution in [0.1, 0.15) is 12.7 Å². The van der Waals surface area contributed by atoms with Crippen molar-refractivity contribution in [2.24, 2.45) is 0 Å². The van der Waals surface area contributed by atoms with Gasteiger partial charge in [-0.3, -0.25) is 4.79 Å². The second-order valence-electron chi connectivity index (χ2n) is 4.07. The van der Waals surface area contributed by atoms with Gasteiger partial charge in [0.2, 0.25) is 5.91 Å². The molecule has 2 heterocycles. The summed E-state index contributed by atoms with van der Waals surface area (Å²) >= 11 is 1.15. The number of hydrogen-bond donors (Lipinski definition) is 3. The van der Waals surface area contributed by atoms with Crippen LogP contribution >= 0.6 is 11.8 Å². The van der Waals surface area contributed by atoms with Crippen molar-refractivity contribution in [2.45, 2.75) is 24.3 Å². The molecule has 2 aromatic rings. The number of nitrogens with two attached hydrogens (primary N) is 2. The molecule has 2 rings (SSSR count). The largest absolute Gasteiger partial charge is 0.383 e. The number of carbonyl (C=O) groups excluding carboxylic acids is 1. The molecule has 1 amide bonds.